The summed E-state index contributed by atoms with van der Waals surface area (Å²) in [5, 5.41) is 0. The molecule has 128 valence electrons. The van der Waals surface area contributed by atoms with Gasteiger partial charge < -0.3 is 9.47 Å². The number of rotatable bonds is 6. The largest absolute Gasteiger partial charge is 0.435 e. The number of hydrogen-bond acceptors (Lipinski definition) is 4. The van der Waals surface area contributed by atoms with E-state index < -0.39 is 0 Å². The minimum atomic E-state index is -0.375. The highest BCUT2D eigenvalue weighted by molar-refractivity contribution is 5.67. The molecule has 1 atom stereocenters. The molecule has 0 heterocycles. The van der Waals surface area contributed by atoms with Crippen molar-refractivity contribution in [2.24, 2.45) is 11.3 Å². The summed E-state index contributed by atoms with van der Waals surface area (Å²) in [6, 6.07) is 0. The van der Waals surface area contributed by atoms with Crippen molar-refractivity contribution in [2.45, 2.75) is 60.3 Å². The van der Waals surface area contributed by atoms with E-state index in [1.807, 2.05) is 0 Å². The first-order valence-electron chi connectivity index (χ1n) is 8.09. The van der Waals surface area contributed by atoms with Crippen LogP contribution < -0.4 is 0 Å². The molecule has 1 aliphatic rings. The summed E-state index contributed by atoms with van der Waals surface area (Å²) in [7, 11) is 0. The van der Waals surface area contributed by atoms with Crippen LogP contribution in [0.1, 0.15) is 60.3 Å². The molecule has 4 heteroatoms. The molecule has 0 aromatic heterocycles. The molecule has 1 aliphatic carbocycles. The van der Waals surface area contributed by atoms with Crippen LogP contribution in [0.2, 0.25) is 0 Å². The number of hydrogen-bond donors (Lipinski definition) is 0. The Morgan fingerprint density at radius 3 is 2.48 bits per heavy atom. The third-order valence-corrected chi connectivity index (χ3v) is 4.36. The van der Waals surface area contributed by atoms with E-state index in [0.29, 0.717) is 5.92 Å². The lowest BCUT2D eigenvalue weighted by Gasteiger charge is -2.38. The van der Waals surface area contributed by atoms with Gasteiger partial charge in [0.05, 0.1) is 12.5 Å². The Morgan fingerprint density at radius 1 is 1.26 bits per heavy atom. The quantitative estimate of drug-likeness (QED) is 0.309. The van der Waals surface area contributed by atoms with Crippen LogP contribution in [0.15, 0.2) is 35.8 Å². The van der Waals surface area contributed by atoms with Gasteiger partial charge in [0.2, 0.25) is 0 Å². The molecule has 0 amide bonds. The lowest BCUT2D eigenvalue weighted by atomic mass is 9.67. The number of allylic oxidation sites excluding steroid dienone is 4. The van der Waals surface area contributed by atoms with Crippen molar-refractivity contribution < 1.29 is 19.1 Å². The van der Waals surface area contributed by atoms with Crippen LogP contribution in [0.4, 0.5) is 0 Å². The molecule has 23 heavy (non-hydrogen) atoms. The lowest BCUT2D eigenvalue weighted by Crippen LogP contribution is -2.27. The van der Waals surface area contributed by atoms with Crippen molar-refractivity contribution >= 4 is 11.9 Å². The topological polar surface area (TPSA) is 52.6 Å². The van der Waals surface area contributed by atoms with E-state index in [1.165, 1.54) is 38.4 Å². The van der Waals surface area contributed by atoms with E-state index in [4.69, 9.17) is 9.47 Å². The van der Waals surface area contributed by atoms with Gasteiger partial charge in [-0.1, -0.05) is 25.5 Å². The molecule has 0 unspecified atom stereocenters. The Bertz CT molecular complexity index is 523. The van der Waals surface area contributed by atoms with Crippen molar-refractivity contribution in [1.82, 2.24) is 0 Å². The first kappa shape index (κ1) is 19.2. The first-order chi connectivity index (χ1) is 10.7. The molecule has 0 fully saturated rings. The van der Waals surface area contributed by atoms with Crippen molar-refractivity contribution in [2.75, 3.05) is 0 Å². The zero-order valence-corrected chi connectivity index (χ0v) is 14.8. The highest BCUT2D eigenvalue weighted by Gasteiger charge is 2.32. The second-order valence-electron chi connectivity index (χ2n) is 6.78. The Kier molecular flexibility index (Phi) is 7.27. The maximum atomic E-state index is 11.0. The molecule has 0 aromatic rings. The van der Waals surface area contributed by atoms with E-state index in [1.54, 1.807) is 6.08 Å². The third-order valence-electron chi connectivity index (χ3n) is 4.36. The number of carbonyl (C=O) groups is 2. The standard InChI is InChI=1S/C19H28O4/c1-14-7-6-11-19(4,5)18(14)9-8-17(13-23-16(3)21)10-12-22-15(2)20/h7,10,12-13,18H,6,8-9,11H2,1-5H3/b12-10+,17-13+/t18-/m1/s1. The van der Waals surface area contributed by atoms with Crippen molar-refractivity contribution in [3.05, 3.63) is 35.8 Å². The summed E-state index contributed by atoms with van der Waals surface area (Å²) in [6.07, 6.45) is 10.8. The van der Waals surface area contributed by atoms with Gasteiger partial charge in [-0.05, 0) is 55.6 Å². The molecule has 0 saturated carbocycles. The van der Waals surface area contributed by atoms with Gasteiger partial charge in [-0.2, -0.15) is 0 Å². The lowest BCUT2D eigenvalue weighted by molar-refractivity contribution is -0.136. The van der Waals surface area contributed by atoms with Crippen molar-refractivity contribution in [3.63, 3.8) is 0 Å². The van der Waals surface area contributed by atoms with Crippen LogP contribution in [0, 0.1) is 11.3 Å². The van der Waals surface area contributed by atoms with E-state index >= 15 is 0 Å². The second kappa shape index (κ2) is 8.70. The van der Waals surface area contributed by atoms with Gasteiger partial charge in [0.25, 0.3) is 0 Å². The summed E-state index contributed by atoms with van der Waals surface area (Å²) in [4.78, 5) is 21.8. The monoisotopic (exact) mass is 320 g/mol. The zero-order valence-electron chi connectivity index (χ0n) is 14.8. The predicted molar refractivity (Wildman–Crippen MR) is 90.3 cm³/mol. The minimum Gasteiger partial charge on any atom is -0.435 e. The van der Waals surface area contributed by atoms with Gasteiger partial charge in [0, 0.05) is 13.8 Å². The SMILES string of the molecule is CC(=O)O/C=C/C(=C/OC(C)=O)CC[C@@H]1C(C)=CCCC1(C)C. The van der Waals surface area contributed by atoms with E-state index in [2.05, 4.69) is 26.8 Å². The summed E-state index contributed by atoms with van der Waals surface area (Å²) in [6.45, 7) is 9.51. The molecule has 0 radical (unpaired) electrons. The van der Waals surface area contributed by atoms with Crippen molar-refractivity contribution in [3.8, 4) is 0 Å². The van der Waals surface area contributed by atoms with E-state index in [-0.39, 0.29) is 17.4 Å². The molecule has 1 rings (SSSR count). The number of carbonyl (C=O) groups excluding carboxylic acids is 2. The maximum absolute atomic E-state index is 11.0. The molecular weight excluding hydrogens is 292 g/mol. The number of ether oxygens (including phenoxy) is 2. The minimum absolute atomic E-state index is 0.269. The molecule has 4 nitrogen and oxygen atoms in total. The second-order valence-corrected chi connectivity index (χ2v) is 6.78. The summed E-state index contributed by atoms with van der Waals surface area (Å²) >= 11 is 0. The van der Waals surface area contributed by atoms with Gasteiger partial charge in [-0.15, -0.1) is 0 Å². The van der Waals surface area contributed by atoms with Crippen LogP contribution in [-0.2, 0) is 19.1 Å². The van der Waals surface area contributed by atoms with E-state index in [9.17, 15) is 9.59 Å². The van der Waals surface area contributed by atoms with E-state index in [0.717, 1.165) is 24.8 Å². The van der Waals surface area contributed by atoms with Crippen LogP contribution in [0.3, 0.4) is 0 Å². The molecule has 0 aromatic carbocycles. The Hall–Kier alpha value is -1.84. The fraction of sp³-hybridized carbons (Fsp3) is 0.579. The van der Waals surface area contributed by atoms with Crippen molar-refractivity contribution in [1.29, 1.82) is 0 Å². The first-order valence-corrected chi connectivity index (χ1v) is 8.09. The van der Waals surface area contributed by atoms with Crippen LogP contribution in [-0.4, -0.2) is 11.9 Å². The van der Waals surface area contributed by atoms with Gasteiger partial charge in [-0.3, -0.25) is 9.59 Å². The maximum Gasteiger partial charge on any atom is 0.307 e. The van der Waals surface area contributed by atoms with Gasteiger partial charge in [-0.25, -0.2) is 0 Å². The Morgan fingerprint density at radius 2 is 1.91 bits per heavy atom. The molecule has 0 bridgehead atoms. The molecule has 0 saturated heterocycles. The fourth-order valence-corrected chi connectivity index (χ4v) is 3.09. The summed E-state index contributed by atoms with van der Waals surface area (Å²) < 4.78 is 9.79. The van der Waals surface area contributed by atoms with Gasteiger partial charge in [0.1, 0.15) is 0 Å². The van der Waals surface area contributed by atoms with Gasteiger partial charge in [0.15, 0.2) is 0 Å². The number of esters is 2. The highest BCUT2D eigenvalue weighted by atomic mass is 16.5. The molecule has 0 aliphatic heterocycles. The Balaban J connectivity index is 2.76. The third kappa shape index (κ3) is 6.85. The van der Waals surface area contributed by atoms with Gasteiger partial charge >= 0.3 is 11.9 Å². The smallest absolute Gasteiger partial charge is 0.307 e. The summed E-state index contributed by atoms with van der Waals surface area (Å²) in [5.41, 5.74) is 2.53. The average Bonchev–Trinajstić information content (AvgIpc) is 2.42. The molecule has 0 spiro atoms. The Labute approximate surface area is 139 Å². The summed E-state index contributed by atoms with van der Waals surface area (Å²) in [5.74, 6) is -0.239. The fourth-order valence-electron chi connectivity index (χ4n) is 3.09. The predicted octanol–water partition coefficient (Wildman–Crippen LogP) is 4.67. The highest BCUT2D eigenvalue weighted by Crippen LogP contribution is 2.43. The average molecular weight is 320 g/mol. The molecular formula is C19H28O4. The molecule has 0 N–H and O–H groups in total. The van der Waals surface area contributed by atoms with Crippen LogP contribution in [0.25, 0.3) is 0 Å². The van der Waals surface area contributed by atoms with Crippen LogP contribution in [0.5, 0.6) is 0 Å². The zero-order chi connectivity index (χ0) is 17.5. The normalized spacial score (nSPS) is 21.0. The van der Waals surface area contributed by atoms with Crippen LogP contribution >= 0.6 is 0 Å².